The van der Waals surface area contributed by atoms with E-state index in [0.29, 0.717) is 0 Å². The van der Waals surface area contributed by atoms with E-state index in [1.807, 2.05) is 0 Å². The van der Waals surface area contributed by atoms with E-state index in [4.69, 9.17) is 13.7 Å². The average molecular weight is 630 g/mol. The summed E-state index contributed by atoms with van der Waals surface area (Å²) in [6.45, 7) is 0. The molecule has 1 fully saturated rings. The van der Waals surface area contributed by atoms with Crippen molar-refractivity contribution >= 4 is 132 Å². The summed E-state index contributed by atoms with van der Waals surface area (Å²) in [5.41, 5.74) is 3.08. The monoisotopic (exact) mass is 630 g/mol. The van der Waals surface area contributed by atoms with Gasteiger partial charge >= 0.3 is 21.4 Å². The fraction of sp³-hybridized carbons (Fsp3) is 0. The number of thiophene rings is 3. The third-order valence-corrected chi connectivity index (χ3v) is 12.5. The minimum Gasteiger partial charge on any atom is -0.445 e. The number of benzene rings is 6. The second-order valence-corrected chi connectivity index (χ2v) is 14.5. The van der Waals surface area contributed by atoms with E-state index in [1.165, 1.54) is 60.5 Å². The van der Waals surface area contributed by atoms with Crippen LogP contribution in [0, 0.1) is 0 Å². The van der Waals surface area contributed by atoms with Crippen LogP contribution >= 0.6 is 34.0 Å². The highest BCUT2D eigenvalue weighted by molar-refractivity contribution is 7.28. The molecule has 0 radical (unpaired) electrons. The van der Waals surface area contributed by atoms with E-state index in [9.17, 15) is 0 Å². The van der Waals surface area contributed by atoms with Crippen molar-refractivity contribution in [1.29, 1.82) is 0 Å². The van der Waals surface area contributed by atoms with Crippen molar-refractivity contribution in [3.05, 3.63) is 127 Å². The maximum atomic E-state index is 6.86. The summed E-state index contributed by atoms with van der Waals surface area (Å²) in [5.74, 6) is 0. The molecule has 9 aromatic rings. The van der Waals surface area contributed by atoms with Gasteiger partial charge in [-0.3, -0.25) is 0 Å². The second-order valence-electron chi connectivity index (χ2n) is 11.4. The van der Waals surface area contributed by atoms with E-state index in [0.717, 1.165) is 16.4 Å². The van der Waals surface area contributed by atoms with Crippen LogP contribution in [0.1, 0.15) is 0 Å². The summed E-state index contributed by atoms with van der Waals surface area (Å²) in [7, 11) is -1.88. The predicted molar refractivity (Wildman–Crippen MR) is 197 cm³/mol. The maximum Gasteiger partial charge on any atom is 0.468 e. The molecule has 0 aliphatic carbocycles. The van der Waals surface area contributed by atoms with Gasteiger partial charge in [-0.1, -0.05) is 109 Å². The van der Waals surface area contributed by atoms with Gasteiger partial charge in [0.2, 0.25) is 0 Å². The van der Waals surface area contributed by atoms with Crippen LogP contribution < -0.4 is 16.4 Å². The third kappa shape index (κ3) is 4.09. The van der Waals surface area contributed by atoms with Crippen molar-refractivity contribution in [1.82, 2.24) is 0 Å². The van der Waals surface area contributed by atoms with E-state index < -0.39 is 21.4 Å². The zero-order valence-corrected chi connectivity index (χ0v) is 26.3. The number of fused-ring (bicyclic) bond motifs is 9. The van der Waals surface area contributed by atoms with Gasteiger partial charge in [0.15, 0.2) is 0 Å². The molecule has 0 saturated carbocycles. The van der Waals surface area contributed by atoms with Crippen LogP contribution in [-0.2, 0) is 13.7 Å². The molecule has 0 bridgehead atoms. The summed E-state index contributed by atoms with van der Waals surface area (Å²) in [6, 6.07) is 45.1. The Morgan fingerprint density at radius 1 is 0.311 bits per heavy atom. The van der Waals surface area contributed by atoms with Crippen molar-refractivity contribution < 1.29 is 13.7 Å². The summed E-state index contributed by atoms with van der Waals surface area (Å²) < 4.78 is 27.9. The molecule has 0 atom stereocenters. The molecule has 0 amide bonds. The normalized spacial score (nSPS) is 14.3. The molecule has 0 unspecified atom stereocenters. The fourth-order valence-corrected chi connectivity index (χ4v) is 10.4. The van der Waals surface area contributed by atoms with Crippen molar-refractivity contribution in [3.8, 4) is 0 Å². The lowest BCUT2D eigenvalue weighted by molar-refractivity contribution is 0.309. The SMILES string of the molecule is c1ccc2c(c1)sc1c(B3OB(c4cccc5c4sc4ccccc45)OB(c4cccc5c4sc4ccccc45)O3)cccc12. The fourth-order valence-electron chi connectivity index (χ4n) is 6.74. The van der Waals surface area contributed by atoms with Gasteiger partial charge in [-0.2, -0.15) is 0 Å². The Labute approximate surface area is 272 Å². The van der Waals surface area contributed by atoms with Crippen LogP contribution in [0.5, 0.6) is 0 Å². The Morgan fingerprint density at radius 2 is 0.600 bits per heavy atom. The largest absolute Gasteiger partial charge is 0.468 e. The van der Waals surface area contributed by atoms with Crippen LogP contribution in [0.4, 0.5) is 0 Å². The van der Waals surface area contributed by atoms with Crippen molar-refractivity contribution in [2.75, 3.05) is 0 Å². The van der Waals surface area contributed by atoms with Crippen LogP contribution in [-0.4, -0.2) is 21.4 Å². The zero-order valence-electron chi connectivity index (χ0n) is 23.8. The van der Waals surface area contributed by atoms with Crippen LogP contribution in [0.15, 0.2) is 127 Å². The number of hydrogen-bond acceptors (Lipinski definition) is 6. The predicted octanol–water partition coefficient (Wildman–Crippen LogP) is 8.34. The molecule has 45 heavy (non-hydrogen) atoms. The third-order valence-electron chi connectivity index (χ3n) is 8.81. The lowest BCUT2D eigenvalue weighted by atomic mass is 9.61. The summed E-state index contributed by atoms with van der Waals surface area (Å²) in [4.78, 5) is 0. The van der Waals surface area contributed by atoms with Gasteiger partial charge < -0.3 is 13.7 Å². The van der Waals surface area contributed by atoms with Crippen LogP contribution in [0.2, 0.25) is 0 Å². The lowest BCUT2D eigenvalue weighted by Crippen LogP contribution is -2.61. The van der Waals surface area contributed by atoms with E-state index in [-0.39, 0.29) is 0 Å². The number of rotatable bonds is 3. The van der Waals surface area contributed by atoms with E-state index >= 15 is 0 Å². The molecular weight excluding hydrogens is 609 g/mol. The maximum absolute atomic E-state index is 6.86. The Hall–Kier alpha value is -3.95. The number of hydrogen-bond donors (Lipinski definition) is 0. The highest BCUT2D eigenvalue weighted by Gasteiger charge is 2.45. The second kappa shape index (κ2) is 10.3. The quantitative estimate of drug-likeness (QED) is 0.184. The van der Waals surface area contributed by atoms with Crippen LogP contribution in [0.25, 0.3) is 60.5 Å². The topological polar surface area (TPSA) is 27.7 Å². The van der Waals surface area contributed by atoms with Crippen molar-refractivity contribution in [2.24, 2.45) is 0 Å². The standard InChI is InChI=1S/C36H21B3O3S3/c1-4-19-31-22(10-1)25-13-7-16-28(34(25)43-31)37-40-38(29-17-8-14-26-23-11-2-5-20-32(23)44-35(26)29)42-39(41-37)30-18-9-15-27-24-12-3-6-21-33(24)45-36(27)30/h1-21H. The zero-order chi connectivity index (χ0) is 29.5. The molecular formula is C36H21B3O3S3. The van der Waals surface area contributed by atoms with E-state index in [1.54, 1.807) is 34.0 Å². The molecule has 1 aliphatic heterocycles. The highest BCUT2D eigenvalue weighted by Crippen LogP contribution is 2.36. The van der Waals surface area contributed by atoms with Crippen LogP contribution in [0.3, 0.4) is 0 Å². The first-order chi connectivity index (χ1) is 22.3. The first-order valence-electron chi connectivity index (χ1n) is 15.0. The minimum atomic E-state index is -0.625. The molecule has 6 aromatic carbocycles. The van der Waals surface area contributed by atoms with E-state index in [2.05, 4.69) is 127 Å². The van der Waals surface area contributed by atoms with Gasteiger partial charge in [0.25, 0.3) is 0 Å². The Kier molecular flexibility index (Phi) is 6.01. The highest BCUT2D eigenvalue weighted by atomic mass is 32.1. The molecule has 9 heteroatoms. The molecule has 3 nitrogen and oxygen atoms in total. The Morgan fingerprint density at radius 3 is 0.933 bits per heavy atom. The molecule has 4 heterocycles. The molecule has 10 rings (SSSR count). The van der Waals surface area contributed by atoms with Crippen molar-refractivity contribution in [3.63, 3.8) is 0 Å². The summed E-state index contributed by atoms with van der Waals surface area (Å²) >= 11 is 5.37. The Balaban J connectivity index is 1.17. The molecule has 3 aromatic heterocycles. The van der Waals surface area contributed by atoms with Crippen molar-refractivity contribution in [2.45, 2.75) is 0 Å². The molecule has 0 spiro atoms. The molecule has 0 N–H and O–H groups in total. The van der Waals surface area contributed by atoms with Gasteiger partial charge in [-0.25, -0.2) is 0 Å². The van der Waals surface area contributed by atoms with Gasteiger partial charge in [0, 0.05) is 44.4 Å². The molecule has 210 valence electrons. The molecule has 1 saturated heterocycles. The lowest BCUT2D eigenvalue weighted by Gasteiger charge is -2.32. The smallest absolute Gasteiger partial charge is 0.445 e. The molecule has 1 aliphatic rings. The minimum absolute atomic E-state index is 0.625. The summed E-state index contributed by atoms with van der Waals surface area (Å²) in [5, 5.41) is 7.42. The van der Waals surface area contributed by atoms with Gasteiger partial charge in [-0.15, -0.1) is 34.0 Å². The van der Waals surface area contributed by atoms with Gasteiger partial charge in [0.05, 0.1) is 0 Å². The van der Waals surface area contributed by atoms with Gasteiger partial charge in [-0.05, 0) is 50.7 Å². The first-order valence-corrected chi connectivity index (χ1v) is 17.4. The average Bonchev–Trinajstić information content (AvgIpc) is 3.79. The Bertz CT molecular complexity index is 2300. The summed E-state index contributed by atoms with van der Waals surface area (Å²) in [6.07, 6.45) is 0. The first kappa shape index (κ1) is 26.3. The van der Waals surface area contributed by atoms with Gasteiger partial charge in [0.1, 0.15) is 0 Å².